The van der Waals surface area contributed by atoms with Crippen molar-refractivity contribution in [1.29, 1.82) is 10.5 Å². The second kappa shape index (κ2) is 14.5. The molecule has 0 bridgehead atoms. The van der Waals surface area contributed by atoms with E-state index in [0.29, 0.717) is 17.1 Å². The molecule has 0 saturated carbocycles. The summed E-state index contributed by atoms with van der Waals surface area (Å²) in [5.41, 5.74) is 9.84. The molecule has 1 aromatic heterocycles. The highest BCUT2D eigenvalue weighted by molar-refractivity contribution is 6.17. The van der Waals surface area contributed by atoms with E-state index in [1.165, 1.54) is 27.6 Å². The van der Waals surface area contributed by atoms with Crippen LogP contribution in [0, 0.1) is 22.7 Å². The average Bonchev–Trinajstić information content (AvgIpc) is 3.60. The smallest absolute Gasteiger partial charge is 0.137 e. The largest absolute Gasteiger partial charge is 0.496 e. The number of allylic oxidation sites excluding steroid dienone is 6. The van der Waals surface area contributed by atoms with Crippen LogP contribution in [-0.2, 0) is 15.6 Å². The van der Waals surface area contributed by atoms with Gasteiger partial charge in [-0.05, 0) is 94.2 Å². The number of aromatic nitrogens is 1. The molecular formula is C55H46N4O2. The van der Waals surface area contributed by atoms with Crippen molar-refractivity contribution in [3.63, 3.8) is 0 Å². The monoisotopic (exact) mass is 794 g/mol. The molecular weight excluding hydrogens is 749 g/mol. The fourth-order valence-electron chi connectivity index (χ4n) is 9.98. The Kier molecular flexibility index (Phi) is 9.00. The Bertz CT molecular complexity index is 3120. The van der Waals surface area contributed by atoms with Gasteiger partial charge in [0.1, 0.15) is 35.0 Å². The third kappa shape index (κ3) is 6.13. The zero-order chi connectivity index (χ0) is 42.0. The molecule has 6 heteroatoms. The maximum Gasteiger partial charge on any atom is 0.137 e. The van der Waals surface area contributed by atoms with Gasteiger partial charge >= 0.3 is 0 Å². The van der Waals surface area contributed by atoms with Crippen molar-refractivity contribution in [2.24, 2.45) is 0 Å². The van der Waals surface area contributed by atoms with E-state index in [9.17, 15) is 10.5 Å². The van der Waals surface area contributed by atoms with Crippen LogP contribution < -0.4 is 9.64 Å². The number of benzene rings is 6. The lowest BCUT2D eigenvalue weighted by Gasteiger charge is -2.48. The first-order chi connectivity index (χ1) is 29.6. The molecule has 0 saturated heterocycles. The predicted molar refractivity (Wildman–Crippen MR) is 250 cm³/mol. The summed E-state index contributed by atoms with van der Waals surface area (Å²) in [6, 6.07) is 40.9. The van der Waals surface area contributed by atoms with Gasteiger partial charge in [0.25, 0.3) is 0 Å². The zero-order valence-electron chi connectivity index (χ0n) is 35.2. The van der Waals surface area contributed by atoms with Crippen molar-refractivity contribution in [2.45, 2.75) is 51.4 Å². The molecule has 4 heterocycles. The Morgan fingerprint density at radius 3 is 1.70 bits per heavy atom. The molecule has 298 valence electrons. The molecule has 0 fully saturated rings. The van der Waals surface area contributed by atoms with Crippen LogP contribution >= 0.6 is 0 Å². The molecule has 0 atom stereocenters. The fourth-order valence-corrected chi connectivity index (χ4v) is 9.98. The minimum Gasteiger partial charge on any atom is -0.496 e. The van der Waals surface area contributed by atoms with Crippen LogP contribution in [0.5, 0.6) is 5.75 Å². The predicted octanol–water partition coefficient (Wildman–Crippen LogP) is 13.1. The van der Waals surface area contributed by atoms with Crippen molar-refractivity contribution < 1.29 is 9.47 Å². The molecule has 0 unspecified atom stereocenters. The lowest BCUT2D eigenvalue weighted by atomic mass is 9.68. The van der Waals surface area contributed by atoms with Crippen molar-refractivity contribution in [3.8, 4) is 23.6 Å². The fraction of sp³-hybridized carbons (Fsp3) is 0.200. The molecule has 7 aromatic rings. The van der Waals surface area contributed by atoms with Crippen LogP contribution in [-0.4, -0.2) is 24.8 Å². The third-order valence-corrected chi connectivity index (χ3v) is 13.2. The number of fused-ring (bicyclic) bond motifs is 5. The second-order valence-electron chi connectivity index (χ2n) is 17.7. The zero-order valence-corrected chi connectivity index (χ0v) is 35.2. The maximum atomic E-state index is 10.0. The van der Waals surface area contributed by atoms with E-state index in [1.807, 2.05) is 12.2 Å². The topological polar surface area (TPSA) is 74.2 Å². The van der Waals surface area contributed by atoms with Gasteiger partial charge in [0.05, 0.1) is 23.8 Å². The number of hydrogen-bond donors (Lipinski definition) is 0. The van der Waals surface area contributed by atoms with Crippen molar-refractivity contribution in [3.05, 3.63) is 172 Å². The summed E-state index contributed by atoms with van der Waals surface area (Å²) in [6.07, 6.45) is 13.7. The van der Waals surface area contributed by atoms with E-state index < -0.39 is 0 Å². The van der Waals surface area contributed by atoms with Crippen molar-refractivity contribution >= 4 is 61.2 Å². The van der Waals surface area contributed by atoms with Gasteiger partial charge in [-0.3, -0.25) is 0 Å². The number of ether oxygens (including phenoxy) is 2. The van der Waals surface area contributed by atoms with E-state index in [2.05, 4.69) is 165 Å². The van der Waals surface area contributed by atoms with Crippen molar-refractivity contribution in [1.82, 2.24) is 4.57 Å². The number of nitrogens with zero attached hydrogens (tertiary/aromatic N) is 4. The average molecular weight is 795 g/mol. The standard InChI is InChI=1S/C55H46N4O2/c1-54(2)26-28-58-29-27-55(3,4)50-52(58)47(54)32-35(53(50)60-5)22-23-38-30-36(37(33-56)34-57)31-39(61-38)24-25-42-40-14-6-8-18-45(40)51(46-19-9-7-15-41(42)46)59-48-20-12-10-16-43(48)44-17-11-13-21-49(44)59/h6-25,30-32H,26-29H2,1-5H3/b23-22+,25-24+. The Hall–Kier alpha value is -7.28. The van der Waals surface area contributed by atoms with Gasteiger partial charge in [-0.2, -0.15) is 10.5 Å². The van der Waals surface area contributed by atoms with Crippen LogP contribution in [0.25, 0.3) is 61.2 Å². The first kappa shape index (κ1) is 38.0. The number of anilines is 1. The maximum absolute atomic E-state index is 10.0. The number of rotatable bonds is 6. The summed E-state index contributed by atoms with van der Waals surface area (Å²) < 4.78 is 15.3. The molecule has 0 N–H and O–H groups in total. The number of para-hydroxylation sites is 2. The van der Waals surface area contributed by atoms with Gasteiger partial charge in [0.2, 0.25) is 0 Å². The molecule has 10 rings (SSSR count). The highest BCUT2D eigenvalue weighted by Gasteiger charge is 2.42. The summed E-state index contributed by atoms with van der Waals surface area (Å²) in [5.74, 6) is 1.92. The molecule has 0 amide bonds. The summed E-state index contributed by atoms with van der Waals surface area (Å²) >= 11 is 0. The van der Waals surface area contributed by atoms with E-state index in [-0.39, 0.29) is 16.4 Å². The first-order valence-electron chi connectivity index (χ1n) is 21.1. The quantitative estimate of drug-likeness (QED) is 0.124. The Labute approximate surface area is 356 Å². The SMILES string of the molecule is COc1c(/C=C/C2=CC(=C(C#N)C#N)C=C(/C=C/c3c4ccccc4c(-n4c5ccccc5c5ccccc54)c4ccccc34)O2)cc2c3c1C(C)(C)CCN3CCC2(C)C. The molecule has 6 aromatic carbocycles. The summed E-state index contributed by atoms with van der Waals surface area (Å²) in [4.78, 5) is 2.54. The molecule has 0 radical (unpaired) electrons. The van der Waals surface area contributed by atoms with E-state index in [0.717, 1.165) is 81.1 Å². The minimum absolute atomic E-state index is 0.00454. The number of nitriles is 2. The highest BCUT2D eigenvalue weighted by Crippen LogP contribution is 2.54. The van der Waals surface area contributed by atoms with Crippen LogP contribution in [0.15, 0.2) is 150 Å². The van der Waals surface area contributed by atoms with E-state index >= 15 is 0 Å². The lowest BCUT2D eigenvalue weighted by molar-refractivity contribution is 0.332. The molecule has 61 heavy (non-hydrogen) atoms. The first-order valence-corrected chi connectivity index (χ1v) is 21.1. The van der Waals surface area contributed by atoms with Crippen LogP contribution in [0.1, 0.15) is 62.8 Å². The normalized spacial score (nSPS) is 16.7. The molecule has 0 aliphatic carbocycles. The molecule has 3 aliphatic heterocycles. The van der Waals surface area contributed by atoms with E-state index in [1.54, 1.807) is 19.3 Å². The highest BCUT2D eigenvalue weighted by atomic mass is 16.5. The van der Waals surface area contributed by atoms with Gasteiger partial charge in [-0.15, -0.1) is 0 Å². The van der Waals surface area contributed by atoms with Crippen molar-refractivity contribution in [2.75, 3.05) is 25.1 Å². The lowest BCUT2D eigenvalue weighted by Crippen LogP contribution is -2.45. The van der Waals surface area contributed by atoms with Crippen LogP contribution in [0.3, 0.4) is 0 Å². The third-order valence-electron chi connectivity index (χ3n) is 13.2. The second-order valence-corrected chi connectivity index (χ2v) is 17.7. The molecule has 6 nitrogen and oxygen atoms in total. The van der Waals surface area contributed by atoms with Gasteiger partial charge in [-0.25, -0.2) is 0 Å². The van der Waals surface area contributed by atoms with Gasteiger partial charge in [0.15, 0.2) is 0 Å². The van der Waals surface area contributed by atoms with Crippen LogP contribution in [0.2, 0.25) is 0 Å². The van der Waals surface area contributed by atoms with Gasteiger partial charge in [-0.1, -0.05) is 119 Å². The molecule has 3 aliphatic rings. The number of hydrogen-bond acceptors (Lipinski definition) is 5. The van der Waals surface area contributed by atoms with Crippen LogP contribution in [0.4, 0.5) is 5.69 Å². The van der Waals surface area contributed by atoms with Gasteiger partial charge < -0.3 is 18.9 Å². The summed E-state index contributed by atoms with van der Waals surface area (Å²) in [6.45, 7) is 11.4. The number of methoxy groups -OCH3 is 1. The summed E-state index contributed by atoms with van der Waals surface area (Å²) in [5, 5.41) is 26.9. The Morgan fingerprint density at radius 2 is 1.15 bits per heavy atom. The minimum atomic E-state index is -0.0646. The van der Waals surface area contributed by atoms with E-state index in [4.69, 9.17) is 9.47 Å². The summed E-state index contributed by atoms with van der Waals surface area (Å²) in [7, 11) is 1.76. The molecule has 0 spiro atoms. The van der Waals surface area contributed by atoms with Gasteiger partial charge in [0, 0.05) is 57.0 Å². The Balaban J connectivity index is 1.09. The Morgan fingerprint density at radius 1 is 0.639 bits per heavy atom.